The molecule has 1 aliphatic rings. The summed E-state index contributed by atoms with van der Waals surface area (Å²) in [6.07, 6.45) is 5.07. The lowest BCUT2D eigenvalue weighted by atomic mass is 9.56. The van der Waals surface area contributed by atoms with Gasteiger partial charge in [-0.05, 0) is 36.5 Å². The fourth-order valence-electron chi connectivity index (χ4n) is 3.40. The van der Waals surface area contributed by atoms with Crippen LogP contribution >= 0.6 is 0 Å². The van der Waals surface area contributed by atoms with Crippen molar-refractivity contribution in [1.82, 2.24) is 0 Å². The Morgan fingerprint density at radius 2 is 1.71 bits per heavy atom. The van der Waals surface area contributed by atoms with Crippen LogP contribution in [0.1, 0.15) is 24.3 Å². The SMILES string of the molecule is C=C[C@H]1CC[C@H](C=C)C(C#N)(C#N)[C@@H]1c1ccc(F)cc1. The first-order valence-corrected chi connectivity index (χ1v) is 6.96. The molecule has 0 unspecified atom stereocenters. The summed E-state index contributed by atoms with van der Waals surface area (Å²) in [7, 11) is 0. The van der Waals surface area contributed by atoms with Crippen LogP contribution in [0.15, 0.2) is 49.6 Å². The smallest absolute Gasteiger partial charge is 0.157 e. The maximum absolute atomic E-state index is 13.2. The quantitative estimate of drug-likeness (QED) is 0.773. The molecule has 2 nitrogen and oxygen atoms in total. The minimum Gasteiger partial charge on any atom is -0.207 e. The van der Waals surface area contributed by atoms with Crippen molar-refractivity contribution >= 4 is 0 Å². The maximum atomic E-state index is 13.2. The molecule has 1 fully saturated rings. The lowest BCUT2D eigenvalue weighted by Gasteiger charge is -2.43. The van der Waals surface area contributed by atoms with Gasteiger partial charge in [-0.15, -0.1) is 13.2 Å². The Hall–Kier alpha value is -2.39. The van der Waals surface area contributed by atoms with Crippen molar-refractivity contribution in [1.29, 1.82) is 10.5 Å². The first-order valence-electron chi connectivity index (χ1n) is 6.96. The van der Waals surface area contributed by atoms with E-state index in [-0.39, 0.29) is 23.6 Å². The molecule has 21 heavy (non-hydrogen) atoms. The minimum absolute atomic E-state index is 0.0194. The Bertz CT molecular complexity index is 604. The van der Waals surface area contributed by atoms with E-state index in [0.717, 1.165) is 18.4 Å². The molecule has 0 bridgehead atoms. The summed E-state index contributed by atoms with van der Waals surface area (Å²) in [5, 5.41) is 19.4. The van der Waals surface area contributed by atoms with E-state index in [9.17, 15) is 14.9 Å². The fraction of sp³-hybridized carbons (Fsp3) is 0.333. The second-order valence-electron chi connectivity index (χ2n) is 5.44. The Balaban J connectivity index is 2.61. The zero-order chi connectivity index (χ0) is 15.5. The van der Waals surface area contributed by atoms with Crippen molar-refractivity contribution < 1.29 is 4.39 Å². The number of hydrogen-bond donors (Lipinski definition) is 0. The van der Waals surface area contributed by atoms with Crippen molar-refractivity contribution in [3.05, 3.63) is 61.0 Å². The molecule has 0 aromatic heterocycles. The average molecular weight is 280 g/mol. The Kier molecular flexibility index (Phi) is 4.24. The zero-order valence-corrected chi connectivity index (χ0v) is 11.8. The summed E-state index contributed by atoms with van der Waals surface area (Å²) in [5.74, 6) is -0.823. The summed E-state index contributed by atoms with van der Waals surface area (Å²) in [5.41, 5.74) is -0.382. The van der Waals surface area contributed by atoms with E-state index in [2.05, 4.69) is 25.3 Å². The number of benzene rings is 1. The molecule has 0 amide bonds. The van der Waals surface area contributed by atoms with E-state index in [0.29, 0.717) is 0 Å². The van der Waals surface area contributed by atoms with Gasteiger partial charge in [0, 0.05) is 11.8 Å². The molecule has 106 valence electrons. The van der Waals surface area contributed by atoms with Gasteiger partial charge in [0.2, 0.25) is 0 Å². The molecule has 0 heterocycles. The first kappa shape index (κ1) is 15.0. The van der Waals surface area contributed by atoms with Crippen LogP contribution in [0.2, 0.25) is 0 Å². The molecule has 1 aromatic rings. The van der Waals surface area contributed by atoms with Crippen molar-refractivity contribution in [2.45, 2.75) is 18.8 Å². The van der Waals surface area contributed by atoms with Gasteiger partial charge in [0.25, 0.3) is 0 Å². The third-order valence-corrected chi connectivity index (χ3v) is 4.50. The number of nitriles is 2. The van der Waals surface area contributed by atoms with Gasteiger partial charge >= 0.3 is 0 Å². The van der Waals surface area contributed by atoms with Crippen molar-refractivity contribution in [2.24, 2.45) is 17.3 Å². The number of halogens is 1. The Morgan fingerprint density at radius 3 is 2.19 bits per heavy atom. The third-order valence-electron chi connectivity index (χ3n) is 4.50. The van der Waals surface area contributed by atoms with Crippen LogP contribution in [0.5, 0.6) is 0 Å². The maximum Gasteiger partial charge on any atom is 0.157 e. The number of nitrogens with zero attached hydrogens (tertiary/aromatic N) is 2. The van der Waals surface area contributed by atoms with Crippen LogP contribution in [-0.4, -0.2) is 0 Å². The normalized spacial score (nSPS) is 27.1. The molecule has 1 saturated carbocycles. The van der Waals surface area contributed by atoms with E-state index in [1.807, 2.05) is 0 Å². The predicted octanol–water partition coefficient (Wildman–Crippen LogP) is 4.34. The molecular weight excluding hydrogens is 263 g/mol. The van der Waals surface area contributed by atoms with Gasteiger partial charge in [0.05, 0.1) is 12.1 Å². The van der Waals surface area contributed by atoms with E-state index < -0.39 is 5.41 Å². The number of hydrogen-bond acceptors (Lipinski definition) is 2. The molecule has 3 heteroatoms. The standard InChI is InChI=1S/C18H17FN2/c1-3-13-5-8-15(4-2)18(11-20,12-21)17(13)14-6-9-16(19)10-7-14/h3-4,6-7,9-10,13,15,17H,1-2,5,8H2/t13-,15-,17-/m0/s1. The highest BCUT2D eigenvalue weighted by Gasteiger charge is 2.51. The molecule has 1 aromatic carbocycles. The van der Waals surface area contributed by atoms with Crippen molar-refractivity contribution in [2.75, 3.05) is 0 Å². The van der Waals surface area contributed by atoms with Gasteiger partial charge in [0.1, 0.15) is 5.82 Å². The molecule has 3 atom stereocenters. The third kappa shape index (κ3) is 2.36. The lowest BCUT2D eigenvalue weighted by molar-refractivity contribution is 0.184. The van der Waals surface area contributed by atoms with Crippen LogP contribution in [-0.2, 0) is 0 Å². The predicted molar refractivity (Wildman–Crippen MR) is 79.4 cm³/mol. The summed E-state index contributed by atoms with van der Waals surface area (Å²) in [6.45, 7) is 7.62. The Labute approximate surface area is 124 Å². The van der Waals surface area contributed by atoms with Crippen molar-refractivity contribution in [3.8, 4) is 12.1 Å². The van der Waals surface area contributed by atoms with Crippen LogP contribution < -0.4 is 0 Å². The van der Waals surface area contributed by atoms with Crippen LogP contribution in [0.25, 0.3) is 0 Å². The summed E-state index contributed by atoms with van der Waals surface area (Å²) >= 11 is 0. The Morgan fingerprint density at radius 1 is 1.10 bits per heavy atom. The highest BCUT2D eigenvalue weighted by atomic mass is 19.1. The molecule has 1 aliphatic carbocycles. The monoisotopic (exact) mass is 280 g/mol. The number of allylic oxidation sites excluding steroid dienone is 2. The van der Waals surface area contributed by atoms with Gasteiger partial charge in [-0.3, -0.25) is 0 Å². The molecule has 0 saturated heterocycles. The van der Waals surface area contributed by atoms with E-state index in [1.54, 1.807) is 24.3 Å². The molecule has 0 radical (unpaired) electrons. The summed E-state index contributed by atoms with van der Waals surface area (Å²) < 4.78 is 13.2. The minimum atomic E-state index is -1.18. The highest BCUT2D eigenvalue weighted by Crippen LogP contribution is 2.53. The molecule has 0 aliphatic heterocycles. The molecule has 0 spiro atoms. The van der Waals surface area contributed by atoms with Gasteiger partial charge in [-0.1, -0.05) is 24.3 Å². The summed E-state index contributed by atoms with van der Waals surface area (Å²) in [6, 6.07) is 10.5. The molecular formula is C18H17FN2. The second-order valence-corrected chi connectivity index (χ2v) is 5.44. The van der Waals surface area contributed by atoms with Crippen LogP contribution in [0.4, 0.5) is 4.39 Å². The molecule has 0 N–H and O–H groups in total. The van der Waals surface area contributed by atoms with E-state index in [4.69, 9.17) is 0 Å². The van der Waals surface area contributed by atoms with E-state index >= 15 is 0 Å². The average Bonchev–Trinajstić information content (AvgIpc) is 2.54. The van der Waals surface area contributed by atoms with Crippen molar-refractivity contribution in [3.63, 3.8) is 0 Å². The van der Waals surface area contributed by atoms with Crippen LogP contribution in [0, 0.1) is 45.7 Å². The fourth-order valence-corrected chi connectivity index (χ4v) is 3.40. The lowest BCUT2D eigenvalue weighted by Crippen LogP contribution is -2.41. The zero-order valence-electron chi connectivity index (χ0n) is 11.8. The van der Waals surface area contributed by atoms with Gasteiger partial charge in [0.15, 0.2) is 5.41 Å². The van der Waals surface area contributed by atoms with E-state index in [1.165, 1.54) is 12.1 Å². The largest absolute Gasteiger partial charge is 0.207 e. The van der Waals surface area contributed by atoms with Gasteiger partial charge in [-0.25, -0.2) is 4.39 Å². The topological polar surface area (TPSA) is 47.6 Å². The number of rotatable bonds is 3. The van der Waals surface area contributed by atoms with Gasteiger partial charge < -0.3 is 0 Å². The summed E-state index contributed by atoms with van der Waals surface area (Å²) in [4.78, 5) is 0. The second kappa shape index (κ2) is 5.94. The first-order chi connectivity index (χ1) is 10.1. The highest BCUT2D eigenvalue weighted by molar-refractivity contribution is 5.36. The molecule has 2 rings (SSSR count). The van der Waals surface area contributed by atoms with Crippen LogP contribution in [0.3, 0.4) is 0 Å². The van der Waals surface area contributed by atoms with Gasteiger partial charge in [-0.2, -0.15) is 10.5 Å².